The number of hydrogen-bond acceptors (Lipinski definition) is 4. The summed E-state index contributed by atoms with van der Waals surface area (Å²) in [5.74, 6) is -0.890. The van der Waals surface area contributed by atoms with Gasteiger partial charge in [-0.05, 0) is 36.1 Å². The van der Waals surface area contributed by atoms with Gasteiger partial charge in [-0.25, -0.2) is 4.39 Å². The monoisotopic (exact) mass is 374 g/mol. The van der Waals surface area contributed by atoms with Crippen LogP contribution >= 0.6 is 11.3 Å². The first-order chi connectivity index (χ1) is 12.5. The number of aromatic nitrogens is 1. The Kier molecular flexibility index (Phi) is 5.49. The van der Waals surface area contributed by atoms with Crippen LogP contribution in [0, 0.1) is 5.82 Å². The van der Waals surface area contributed by atoms with Crippen LogP contribution in [0.1, 0.15) is 28.6 Å². The van der Waals surface area contributed by atoms with Crippen molar-refractivity contribution in [3.8, 4) is 0 Å². The van der Waals surface area contributed by atoms with Gasteiger partial charge in [-0.1, -0.05) is 13.0 Å². The number of thiophene rings is 1. The Balaban J connectivity index is 2.10. The predicted octanol–water partition coefficient (Wildman–Crippen LogP) is 3.14. The predicted molar refractivity (Wildman–Crippen MR) is 99.9 cm³/mol. The lowest BCUT2D eigenvalue weighted by Gasteiger charge is -2.30. The molecule has 1 atom stereocenters. The van der Waals surface area contributed by atoms with Crippen LogP contribution in [0.2, 0.25) is 0 Å². The second-order valence-corrected chi connectivity index (χ2v) is 7.03. The van der Waals surface area contributed by atoms with E-state index in [0.29, 0.717) is 23.9 Å². The topological polar surface area (TPSA) is 73.4 Å². The Morgan fingerprint density at radius 2 is 2.15 bits per heavy atom. The highest BCUT2D eigenvalue weighted by Gasteiger charge is 2.25. The zero-order valence-electron chi connectivity index (χ0n) is 14.2. The Hall–Kier alpha value is -2.51. The zero-order chi connectivity index (χ0) is 18.7. The summed E-state index contributed by atoms with van der Waals surface area (Å²) < 4.78 is 13.7. The van der Waals surface area contributed by atoms with Crippen molar-refractivity contribution in [1.82, 2.24) is 9.88 Å². The number of nitrogens with one attached hydrogen (secondary N) is 1. The molecule has 2 heterocycles. The van der Waals surface area contributed by atoms with E-state index in [0.717, 1.165) is 4.88 Å². The maximum Gasteiger partial charge on any atom is 0.255 e. The number of pyridine rings is 1. The molecule has 136 valence electrons. The van der Waals surface area contributed by atoms with Crippen molar-refractivity contribution >= 4 is 28.1 Å². The standard InChI is InChI=1S/C19H19FN2O3S/c1-2-13(11-23)22(10-14-4-3-7-26-14)19(25)16-9-18(24)21-17-6-5-12(20)8-15(16)17/h3-9,13,23H,2,10-11H2,1H3,(H,21,24). The molecule has 0 bridgehead atoms. The second kappa shape index (κ2) is 7.80. The molecule has 2 aromatic heterocycles. The largest absolute Gasteiger partial charge is 0.394 e. The van der Waals surface area contributed by atoms with Crippen molar-refractivity contribution < 1.29 is 14.3 Å². The summed E-state index contributed by atoms with van der Waals surface area (Å²) in [4.78, 5) is 30.4. The highest BCUT2D eigenvalue weighted by molar-refractivity contribution is 7.09. The molecule has 0 saturated heterocycles. The molecule has 5 nitrogen and oxygen atoms in total. The van der Waals surface area contributed by atoms with Gasteiger partial charge in [0.2, 0.25) is 5.56 Å². The van der Waals surface area contributed by atoms with E-state index in [1.165, 1.54) is 35.6 Å². The van der Waals surface area contributed by atoms with Crippen LogP contribution in [0.3, 0.4) is 0 Å². The summed E-state index contributed by atoms with van der Waals surface area (Å²) in [5, 5.41) is 12.0. The molecule has 0 aliphatic carbocycles. The number of rotatable bonds is 6. The second-order valence-electron chi connectivity index (χ2n) is 5.99. The molecule has 0 aliphatic rings. The van der Waals surface area contributed by atoms with Crippen molar-refractivity contribution in [3.05, 3.63) is 68.4 Å². The maximum atomic E-state index is 13.7. The number of hydrogen-bond donors (Lipinski definition) is 2. The lowest BCUT2D eigenvalue weighted by molar-refractivity contribution is 0.0568. The summed E-state index contributed by atoms with van der Waals surface area (Å²) in [6.07, 6.45) is 0.559. The number of carbonyl (C=O) groups is 1. The molecule has 0 fully saturated rings. The average Bonchev–Trinajstić information content (AvgIpc) is 3.14. The van der Waals surface area contributed by atoms with Gasteiger partial charge in [0, 0.05) is 21.8 Å². The number of aliphatic hydroxyl groups is 1. The Bertz CT molecular complexity index is 965. The number of nitrogens with zero attached hydrogens (tertiary/aromatic N) is 1. The third-order valence-corrected chi connectivity index (χ3v) is 5.19. The minimum absolute atomic E-state index is 0.131. The number of halogens is 1. The van der Waals surface area contributed by atoms with Gasteiger partial charge >= 0.3 is 0 Å². The van der Waals surface area contributed by atoms with E-state index in [4.69, 9.17) is 0 Å². The first-order valence-corrected chi connectivity index (χ1v) is 9.18. The fraction of sp³-hybridized carbons (Fsp3) is 0.263. The molecule has 0 spiro atoms. The highest BCUT2D eigenvalue weighted by Crippen LogP contribution is 2.22. The molecule has 1 unspecified atom stereocenters. The van der Waals surface area contributed by atoms with Crippen LogP contribution in [0.25, 0.3) is 10.9 Å². The van der Waals surface area contributed by atoms with Crippen molar-refractivity contribution in [2.45, 2.75) is 25.9 Å². The van der Waals surface area contributed by atoms with Gasteiger partial charge in [0.1, 0.15) is 5.82 Å². The van der Waals surface area contributed by atoms with E-state index in [1.54, 1.807) is 4.90 Å². The summed E-state index contributed by atoms with van der Waals surface area (Å²) in [5.41, 5.74) is 0.0997. The molecular weight excluding hydrogens is 355 g/mol. The van der Waals surface area contributed by atoms with Crippen LogP contribution in [-0.4, -0.2) is 33.5 Å². The van der Waals surface area contributed by atoms with Crippen LogP contribution in [0.4, 0.5) is 4.39 Å². The van der Waals surface area contributed by atoms with Gasteiger partial charge in [0.15, 0.2) is 0 Å². The molecule has 1 amide bonds. The highest BCUT2D eigenvalue weighted by atomic mass is 32.1. The fourth-order valence-electron chi connectivity index (χ4n) is 2.94. The molecule has 26 heavy (non-hydrogen) atoms. The van der Waals surface area contributed by atoms with Crippen LogP contribution in [-0.2, 0) is 6.54 Å². The molecule has 0 aliphatic heterocycles. The molecule has 1 aromatic carbocycles. The first kappa shape index (κ1) is 18.3. The number of H-pyrrole nitrogens is 1. The van der Waals surface area contributed by atoms with Gasteiger partial charge in [-0.3, -0.25) is 9.59 Å². The maximum absolute atomic E-state index is 13.7. The van der Waals surface area contributed by atoms with E-state index >= 15 is 0 Å². The average molecular weight is 374 g/mol. The van der Waals surface area contributed by atoms with Crippen molar-refractivity contribution in [2.75, 3.05) is 6.61 Å². The number of amides is 1. The van der Waals surface area contributed by atoms with Crippen molar-refractivity contribution in [2.24, 2.45) is 0 Å². The van der Waals surface area contributed by atoms with Gasteiger partial charge in [0.05, 0.1) is 24.8 Å². The van der Waals surface area contributed by atoms with Gasteiger partial charge in [0.25, 0.3) is 5.91 Å². The van der Waals surface area contributed by atoms with Gasteiger partial charge in [-0.2, -0.15) is 0 Å². The molecule has 0 radical (unpaired) electrons. The minimum atomic E-state index is -0.488. The van der Waals surface area contributed by atoms with E-state index < -0.39 is 23.3 Å². The Morgan fingerprint density at radius 3 is 2.81 bits per heavy atom. The number of aliphatic hydroxyl groups excluding tert-OH is 1. The number of benzene rings is 1. The Morgan fingerprint density at radius 1 is 1.35 bits per heavy atom. The summed E-state index contributed by atoms with van der Waals surface area (Å²) in [6.45, 7) is 2.01. The normalized spacial score (nSPS) is 12.3. The molecule has 2 N–H and O–H groups in total. The van der Waals surface area contributed by atoms with E-state index in [-0.39, 0.29) is 12.2 Å². The molecule has 7 heteroatoms. The summed E-state index contributed by atoms with van der Waals surface area (Å²) >= 11 is 1.51. The number of carbonyl (C=O) groups excluding carboxylic acids is 1. The fourth-order valence-corrected chi connectivity index (χ4v) is 3.65. The van der Waals surface area contributed by atoms with Crippen molar-refractivity contribution in [3.63, 3.8) is 0 Å². The zero-order valence-corrected chi connectivity index (χ0v) is 15.1. The third kappa shape index (κ3) is 3.68. The molecular formula is C19H19FN2O3S. The Labute approximate surface area is 153 Å². The SMILES string of the molecule is CCC(CO)N(Cc1cccs1)C(=O)c1cc(=O)[nH]c2ccc(F)cc12. The van der Waals surface area contributed by atoms with E-state index in [1.807, 2.05) is 24.4 Å². The van der Waals surface area contributed by atoms with Gasteiger partial charge < -0.3 is 15.0 Å². The van der Waals surface area contributed by atoms with Crippen LogP contribution < -0.4 is 5.56 Å². The van der Waals surface area contributed by atoms with Crippen molar-refractivity contribution in [1.29, 1.82) is 0 Å². The minimum Gasteiger partial charge on any atom is -0.394 e. The summed E-state index contributed by atoms with van der Waals surface area (Å²) in [7, 11) is 0. The van der Waals surface area contributed by atoms with E-state index in [9.17, 15) is 19.1 Å². The quantitative estimate of drug-likeness (QED) is 0.696. The summed E-state index contributed by atoms with van der Waals surface area (Å²) in [6, 6.07) is 8.50. The van der Waals surface area contributed by atoms with E-state index in [2.05, 4.69) is 4.98 Å². The number of aromatic amines is 1. The molecule has 3 rings (SSSR count). The third-order valence-electron chi connectivity index (χ3n) is 4.33. The molecule has 0 saturated carbocycles. The number of fused-ring (bicyclic) bond motifs is 1. The van der Waals surface area contributed by atoms with Crippen LogP contribution in [0.5, 0.6) is 0 Å². The first-order valence-electron chi connectivity index (χ1n) is 8.30. The lowest BCUT2D eigenvalue weighted by atomic mass is 10.1. The van der Waals surface area contributed by atoms with Crippen LogP contribution in [0.15, 0.2) is 46.6 Å². The molecule has 3 aromatic rings. The lowest BCUT2D eigenvalue weighted by Crippen LogP contribution is -2.42. The van der Waals surface area contributed by atoms with Gasteiger partial charge in [-0.15, -0.1) is 11.3 Å². The smallest absolute Gasteiger partial charge is 0.255 e.